The summed E-state index contributed by atoms with van der Waals surface area (Å²) in [4.78, 5) is 12.2. The van der Waals surface area contributed by atoms with E-state index >= 15 is 0 Å². The normalized spacial score (nSPS) is 17.2. The van der Waals surface area contributed by atoms with E-state index in [1.807, 2.05) is 36.4 Å². The van der Waals surface area contributed by atoms with Crippen LogP contribution in [0.2, 0.25) is 0 Å². The maximum atomic E-state index is 11.4. The van der Waals surface area contributed by atoms with E-state index in [0.717, 1.165) is 27.3 Å². The Hall–Kier alpha value is -2.73. The molecule has 0 amide bonds. The van der Waals surface area contributed by atoms with Crippen molar-refractivity contribution in [3.63, 3.8) is 0 Å². The lowest BCUT2D eigenvalue weighted by Crippen LogP contribution is -2.28. The predicted octanol–water partition coefficient (Wildman–Crippen LogP) is 3.70. The van der Waals surface area contributed by atoms with Crippen molar-refractivity contribution in [3.8, 4) is 0 Å². The fraction of sp³-hybridized carbons (Fsp3) is 0.238. The minimum Gasteiger partial charge on any atom is -0.481 e. The first-order chi connectivity index (χ1) is 12.7. The number of carbonyl (C=O) groups is 1. The molecule has 1 aliphatic rings. The van der Waals surface area contributed by atoms with Gasteiger partial charge in [-0.1, -0.05) is 36.4 Å². The maximum Gasteiger partial charge on any atom is 0.313 e. The molecule has 0 fully saturated rings. The average molecular weight is 382 g/mol. The van der Waals surface area contributed by atoms with Crippen LogP contribution in [0.25, 0.3) is 0 Å². The predicted molar refractivity (Wildman–Crippen MR) is 111 cm³/mol. The molecule has 1 aliphatic heterocycles. The van der Waals surface area contributed by atoms with E-state index < -0.39 is 11.4 Å². The van der Waals surface area contributed by atoms with Crippen molar-refractivity contribution in [1.82, 2.24) is 0 Å². The molecule has 1 heterocycles. The van der Waals surface area contributed by atoms with E-state index in [1.54, 1.807) is 37.7 Å². The van der Waals surface area contributed by atoms with Crippen LogP contribution >= 0.6 is 11.8 Å². The van der Waals surface area contributed by atoms with Crippen molar-refractivity contribution in [1.29, 1.82) is 5.41 Å². The third-order valence-electron chi connectivity index (χ3n) is 5.03. The van der Waals surface area contributed by atoms with Gasteiger partial charge in [-0.05, 0) is 37.1 Å². The Kier molecular flexibility index (Phi) is 5.02. The van der Waals surface area contributed by atoms with Crippen molar-refractivity contribution < 1.29 is 9.90 Å². The van der Waals surface area contributed by atoms with Crippen LogP contribution in [0.4, 0.5) is 5.69 Å². The van der Waals surface area contributed by atoms with Crippen molar-refractivity contribution in [2.75, 3.05) is 11.5 Å². The minimum absolute atomic E-state index is 0.0149. The topological polar surface area (TPSA) is 113 Å². The molecule has 1 unspecified atom stereocenters. The van der Waals surface area contributed by atoms with Gasteiger partial charge in [0, 0.05) is 28.6 Å². The van der Waals surface area contributed by atoms with Crippen molar-refractivity contribution in [2.45, 2.75) is 25.2 Å². The van der Waals surface area contributed by atoms with Crippen molar-refractivity contribution >= 4 is 29.1 Å². The Morgan fingerprint density at radius 2 is 1.70 bits per heavy atom. The first-order valence-electron chi connectivity index (χ1n) is 8.63. The van der Waals surface area contributed by atoms with E-state index in [2.05, 4.69) is 0 Å². The summed E-state index contributed by atoms with van der Waals surface area (Å²) in [5.41, 5.74) is 15.5. The Labute approximate surface area is 163 Å². The number of nitrogens with one attached hydrogen (secondary N) is 1. The number of allylic oxidation sites excluding steroid dienone is 2. The van der Waals surface area contributed by atoms with Crippen LogP contribution in [0.15, 0.2) is 59.1 Å². The molecule has 6 N–H and O–H groups in total. The Bertz CT molecular complexity index is 915. The van der Waals surface area contributed by atoms with Crippen LogP contribution in [0.1, 0.15) is 36.5 Å². The number of aliphatic carboxylic acids is 1. The molecule has 0 radical (unpaired) electrons. The molecule has 27 heavy (non-hydrogen) atoms. The summed E-state index contributed by atoms with van der Waals surface area (Å²) < 4.78 is 0. The van der Waals surface area contributed by atoms with E-state index in [9.17, 15) is 9.90 Å². The lowest BCUT2D eigenvalue weighted by atomic mass is 9.83. The van der Waals surface area contributed by atoms with Crippen LogP contribution < -0.4 is 11.5 Å². The highest BCUT2D eigenvalue weighted by Crippen LogP contribution is 2.41. The fourth-order valence-electron chi connectivity index (χ4n) is 3.03. The monoisotopic (exact) mass is 381 g/mol. The number of hydrogen-bond donors (Lipinski definition) is 4. The second-order valence-corrected chi connectivity index (χ2v) is 8.23. The number of anilines is 1. The molecule has 2 aromatic rings. The molecule has 0 aromatic heterocycles. The molecule has 6 heteroatoms. The van der Waals surface area contributed by atoms with Gasteiger partial charge < -0.3 is 16.6 Å². The molecule has 0 saturated heterocycles. The van der Waals surface area contributed by atoms with Crippen LogP contribution in [0.3, 0.4) is 0 Å². The van der Waals surface area contributed by atoms with E-state index in [4.69, 9.17) is 16.9 Å². The molecule has 140 valence electrons. The second-order valence-electron chi connectivity index (χ2n) is 7.20. The van der Waals surface area contributed by atoms with Crippen molar-refractivity contribution in [3.05, 3.63) is 75.8 Å². The van der Waals surface area contributed by atoms with E-state index in [-0.39, 0.29) is 5.92 Å². The number of carboxylic acids is 1. The summed E-state index contributed by atoms with van der Waals surface area (Å²) in [6.07, 6.45) is 0. The van der Waals surface area contributed by atoms with Crippen LogP contribution in [0, 0.1) is 5.41 Å². The molecule has 3 rings (SSSR count). The van der Waals surface area contributed by atoms with Gasteiger partial charge in [0.2, 0.25) is 0 Å². The zero-order chi connectivity index (χ0) is 19.8. The summed E-state index contributed by atoms with van der Waals surface area (Å²) in [5.74, 6) is -0.0772. The molecule has 0 saturated carbocycles. The zero-order valence-electron chi connectivity index (χ0n) is 15.3. The minimum atomic E-state index is -0.938. The first-order valence-corrected chi connectivity index (χ1v) is 9.61. The van der Waals surface area contributed by atoms with Gasteiger partial charge in [0.1, 0.15) is 0 Å². The summed E-state index contributed by atoms with van der Waals surface area (Å²) in [6.45, 7) is 3.38. The fourth-order valence-corrected chi connectivity index (χ4v) is 4.30. The largest absolute Gasteiger partial charge is 0.481 e. The second kappa shape index (κ2) is 7.12. The molecule has 0 aliphatic carbocycles. The van der Waals surface area contributed by atoms with Crippen LogP contribution in [0.5, 0.6) is 0 Å². The first kappa shape index (κ1) is 19.0. The summed E-state index contributed by atoms with van der Waals surface area (Å²) in [5, 5.41) is 17.9. The highest BCUT2D eigenvalue weighted by Gasteiger charge is 2.31. The van der Waals surface area contributed by atoms with Gasteiger partial charge in [-0.25, -0.2) is 0 Å². The van der Waals surface area contributed by atoms with Gasteiger partial charge in [0.25, 0.3) is 0 Å². The van der Waals surface area contributed by atoms with E-state index in [0.29, 0.717) is 17.1 Å². The lowest BCUT2D eigenvalue weighted by molar-refractivity contribution is -0.142. The Balaban J connectivity index is 1.85. The quantitative estimate of drug-likeness (QED) is 0.466. The smallest absolute Gasteiger partial charge is 0.313 e. The number of thioether (sulfide) groups is 1. The molecule has 0 bridgehead atoms. The summed E-state index contributed by atoms with van der Waals surface area (Å²) in [6, 6.07) is 14.8. The molecular weight excluding hydrogens is 358 g/mol. The molecule has 5 nitrogen and oxygen atoms in total. The summed E-state index contributed by atoms with van der Waals surface area (Å²) in [7, 11) is 0. The van der Waals surface area contributed by atoms with Gasteiger partial charge in [-0.2, -0.15) is 0 Å². The third-order valence-corrected chi connectivity index (χ3v) is 6.26. The lowest BCUT2D eigenvalue weighted by Gasteiger charge is -2.21. The number of benzene rings is 2. The number of hydrogen-bond acceptors (Lipinski definition) is 5. The standard InChI is InChI=1S/C21H23N3O2S/c1-21(2,20(25)26)14-7-3-12(4-8-14)16-11-27-19(18(16)24)17(23)13-5-9-15(22)10-6-13/h3-10,16,23H,11,22,24H2,1-2H3,(H,25,26). The summed E-state index contributed by atoms with van der Waals surface area (Å²) >= 11 is 1.58. The Morgan fingerprint density at radius 3 is 2.26 bits per heavy atom. The number of nitrogens with two attached hydrogens (primary N) is 2. The molecule has 2 aromatic carbocycles. The number of rotatable bonds is 5. The highest BCUT2D eigenvalue weighted by atomic mass is 32.2. The van der Waals surface area contributed by atoms with Gasteiger partial charge in [0.15, 0.2) is 0 Å². The Morgan fingerprint density at radius 1 is 1.11 bits per heavy atom. The van der Waals surface area contributed by atoms with Crippen LogP contribution in [-0.2, 0) is 10.2 Å². The zero-order valence-corrected chi connectivity index (χ0v) is 16.1. The van der Waals surface area contributed by atoms with Gasteiger partial charge in [-0.3, -0.25) is 10.2 Å². The van der Waals surface area contributed by atoms with Gasteiger partial charge >= 0.3 is 5.97 Å². The highest BCUT2D eigenvalue weighted by molar-refractivity contribution is 8.04. The number of nitrogen functional groups attached to an aromatic ring is 1. The third kappa shape index (κ3) is 3.57. The van der Waals surface area contributed by atoms with E-state index in [1.165, 1.54) is 0 Å². The van der Waals surface area contributed by atoms with Gasteiger partial charge in [-0.15, -0.1) is 11.8 Å². The molecular formula is C21H23N3O2S. The SMILES string of the molecule is CC(C)(C(=O)O)c1ccc(C2CSC(C(=N)c3ccc(N)cc3)=C2N)cc1. The molecule has 0 spiro atoms. The molecule has 1 atom stereocenters. The maximum absolute atomic E-state index is 11.4. The van der Waals surface area contributed by atoms with Crippen LogP contribution in [-0.4, -0.2) is 22.5 Å². The van der Waals surface area contributed by atoms with Gasteiger partial charge in [0.05, 0.1) is 16.0 Å². The average Bonchev–Trinajstić information content (AvgIpc) is 3.03. The van der Waals surface area contributed by atoms with Crippen molar-refractivity contribution in [2.24, 2.45) is 5.73 Å². The number of carboxylic acid groups (broad SMARTS) is 1.